The van der Waals surface area contributed by atoms with Crippen molar-refractivity contribution in [3.8, 4) is 5.75 Å². The van der Waals surface area contributed by atoms with Crippen LogP contribution in [-0.2, 0) is 16.0 Å². The number of carbonyl (C=O) groups excluding carboxylic acids is 1. The molecule has 6 heteroatoms. The summed E-state index contributed by atoms with van der Waals surface area (Å²) in [7, 11) is 0. The van der Waals surface area contributed by atoms with Gasteiger partial charge in [0.2, 0.25) is 5.91 Å². The van der Waals surface area contributed by atoms with E-state index >= 15 is 0 Å². The molecule has 2 aromatic carbocycles. The number of hydrogen-bond donors (Lipinski definition) is 2. The van der Waals surface area contributed by atoms with E-state index in [9.17, 15) is 9.59 Å². The van der Waals surface area contributed by atoms with E-state index < -0.39 is 5.97 Å². The second-order valence-corrected chi connectivity index (χ2v) is 6.74. The summed E-state index contributed by atoms with van der Waals surface area (Å²) in [5.74, 6) is -0.208. The molecule has 2 atom stereocenters. The SMILES string of the molecule is O=C(O)COc1ccc(CCNC(=O)C2CC2c2ccccc2Cl)cc1. The Kier molecular flexibility index (Phi) is 5.78. The quantitative estimate of drug-likeness (QED) is 0.744. The van der Waals surface area contributed by atoms with Gasteiger partial charge < -0.3 is 15.2 Å². The largest absolute Gasteiger partial charge is 0.482 e. The molecule has 2 aromatic rings. The fourth-order valence-electron chi connectivity index (χ4n) is 2.96. The number of carboxylic acids is 1. The van der Waals surface area contributed by atoms with Crippen LogP contribution in [0.2, 0.25) is 5.02 Å². The van der Waals surface area contributed by atoms with E-state index in [0.717, 1.165) is 22.6 Å². The Labute approximate surface area is 156 Å². The van der Waals surface area contributed by atoms with Crippen LogP contribution in [-0.4, -0.2) is 30.1 Å². The number of hydrogen-bond acceptors (Lipinski definition) is 3. The van der Waals surface area contributed by atoms with E-state index in [-0.39, 0.29) is 24.3 Å². The molecule has 1 saturated carbocycles. The minimum Gasteiger partial charge on any atom is -0.482 e. The third kappa shape index (κ3) is 4.76. The maximum absolute atomic E-state index is 12.3. The zero-order valence-corrected chi connectivity index (χ0v) is 14.9. The number of ether oxygens (including phenoxy) is 1. The number of aliphatic carboxylic acids is 1. The third-order valence-corrected chi connectivity index (χ3v) is 4.77. The van der Waals surface area contributed by atoms with E-state index in [1.807, 2.05) is 36.4 Å². The average molecular weight is 374 g/mol. The van der Waals surface area contributed by atoms with Crippen molar-refractivity contribution in [1.82, 2.24) is 5.32 Å². The van der Waals surface area contributed by atoms with Crippen LogP contribution in [0.4, 0.5) is 0 Å². The maximum atomic E-state index is 12.3. The molecule has 0 aliphatic heterocycles. The molecule has 2 N–H and O–H groups in total. The van der Waals surface area contributed by atoms with E-state index in [1.54, 1.807) is 12.1 Å². The van der Waals surface area contributed by atoms with Crippen LogP contribution in [0.1, 0.15) is 23.5 Å². The van der Waals surface area contributed by atoms with E-state index in [4.69, 9.17) is 21.4 Å². The van der Waals surface area contributed by atoms with Gasteiger partial charge in [-0.25, -0.2) is 4.79 Å². The lowest BCUT2D eigenvalue weighted by Gasteiger charge is -2.07. The van der Waals surface area contributed by atoms with Crippen LogP contribution in [0.15, 0.2) is 48.5 Å². The molecule has 1 aliphatic carbocycles. The summed E-state index contributed by atoms with van der Waals surface area (Å²) >= 11 is 6.19. The van der Waals surface area contributed by atoms with E-state index in [2.05, 4.69) is 5.32 Å². The summed E-state index contributed by atoms with van der Waals surface area (Å²) in [6.45, 7) is 0.198. The first-order valence-corrected chi connectivity index (χ1v) is 8.88. The smallest absolute Gasteiger partial charge is 0.341 e. The van der Waals surface area contributed by atoms with Gasteiger partial charge in [-0.2, -0.15) is 0 Å². The lowest BCUT2D eigenvalue weighted by Crippen LogP contribution is -2.27. The number of carboxylic acid groups (broad SMARTS) is 1. The van der Waals surface area contributed by atoms with Gasteiger partial charge in [0.05, 0.1) is 0 Å². The number of nitrogens with one attached hydrogen (secondary N) is 1. The Morgan fingerprint density at radius 1 is 1.15 bits per heavy atom. The second-order valence-electron chi connectivity index (χ2n) is 6.34. The van der Waals surface area contributed by atoms with Gasteiger partial charge in [-0.3, -0.25) is 4.79 Å². The molecule has 0 spiro atoms. The molecule has 26 heavy (non-hydrogen) atoms. The zero-order valence-electron chi connectivity index (χ0n) is 14.2. The molecular formula is C20H20ClNO4. The standard InChI is InChI=1S/C20H20ClNO4/c21-18-4-2-1-3-15(18)16-11-17(16)20(25)22-10-9-13-5-7-14(8-6-13)26-12-19(23)24/h1-8,16-17H,9-12H2,(H,22,25)(H,23,24). The summed E-state index contributed by atoms with van der Waals surface area (Å²) < 4.78 is 5.09. The second kappa shape index (κ2) is 8.23. The highest BCUT2D eigenvalue weighted by molar-refractivity contribution is 6.31. The summed E-state index contributed by atoms with van der Waals surface area (Å²) in [6.07, 6.45) is 1.54. The lowest BCUT2D eigenvalue weighted by atomic mass is 10.1. The highest BCUT2D eigenvalue weighted by Gasteiger charge is 2.44. The fraction of sp³-hybridized carbons (Fsp3) is 0.300. The summed E-state index contributed by atoms with van der Waals surface area (Å²) in [6, 6.07) is 14.9. The van der Waals surface area contributed by atoms with Gasteiger partial charge in [0, 0.05) is 17.5 Å². The fourth-order valence-corrected chi connectivity index (χ4v) is 3.24. The minimum atomic E-state index is -1.01. The van der Waals surface area contributed by atoms with Gasteiger partial charge in [0.25, 0.3) is 0 Å². The Morgan fingerprint density at radius 2 is 1.88 bits per heavy atom. The number of benzene rings is 2. The molecule has 1 amide bonds. The molecule has 0 radical (unpaired) electrons. The molecule has 0 bridgehead atoms. The number of carbonyl (C=O) groups is 2. The molecule has 2 unspecified atom stereocenters. The normalized spacial score (nSPS) is 18.2. The topological polar surface area (TPSA) is 75.6 Å². The van der Waals surface area contributed by atoms with Gasteiger partial charge in [0.1, 0.15) is 5.75 Å². The summed E-state index contributed by atoms with van der Waals surface area (Å²) in [4.78, 5) is 22.7. The summed E-state index contributed by atoms with van der Waals surface area (Å²) in [5.41, 5.74) is 2.10. The van der Waals surface area contributed by atoms with E-state index in [1.165, 1.54) is 0 Å². The van der Waals surface area contributed by atoms with E-state index in [0.29, 0.717) is 18.7 Å². The first-order chi connectivity index (χ1) is 12.5. The summed E-state index contributed by atoms with van der Waals surface area (Å²) in [5, 5.41) is 12.3. The van der Waals surface area contributed by atoms with Gasteiger partial charge in [-0.15, -0.1) is 0 Å². The van der Waals surface area contributed by atoms with Crippen molar-refractivity contribution < 1.29 is 19.4 Å². The van der Waals surface area contributed by atoms with Gasteiger partial charge in [-0.1, -0.05) is 41.9 Å². The molecule has 0 aromatic heterocycles. The lowest BCUT2D eigenvalue weighted by molar-refractivity contribution is -0.139. The first-order valence-electron chi connectivity index (χ1n) is 8.50. The van der Waals surface area contributed by atoms with Crippen LogP contribution < -0.4 is 10.1 Å². The van der Waals surface area contributed by atoms with Gasteiger partial charge in [-0.05, 0) is 48.1 Å². The molecule has 1 fully saturated rings. The molecule has 5 nitrogen and oxygen atoms in total. The first kappa shape index (κ1) is 18.3. The highest BCUT2D eigenvalue weighted by atomic mass is 35.5. The molecule has 0 saturated heterocycles. The maximum Gasteiger partial charge on any atom is 0.341 e. The Hall–Kier alpha value is -2.53. The average Bonchev–Trinajstić information content (AvgIpc) is 3.42. The molecular weight excluding hydrogens is 354 g/mol. The van der Waals surface area contributed by atoms with Crippen molar-refractivity contribution in [3.05, 3.63) is 64.7 Å². The van der Waals surface area contributed by atoms with Crippen molar-refractivity contribution in [1.29, 1.82) is 0 Å². The van der Waals surface area contributed by atoms with Crippen molar-refractivity contribution >= 4 is 23.5 Å². The van der Waals surface area contributed by atoms with Crippen molar-refractivity contribution in [3.63, 3.8) is 0 Å². The Bertz CT molecular complexity index is 791. The third-order valence-electron chi connectivity index (χ3n) is 4.43. The molecule has 0 heterocycles. The number of rotatable bonds is 8. The van der Waals surface area contributed by atoms with Crippen molar-refractivity contribution in [2.45, 2.75) is 18.8 Å². The number of halogens is 1. The van der Waals surface area contributed by atoms with Crippen LogP contribution in [0.3, 0.4) is 0 Å². The molecule has 1 aliphatic rings. The van der Waals surface area contributed by atoms with Crippen molar-refractivity contribution in [2.24, 2.45) is 5.92 Å². The predicted octanol–water partition coefficient (Wildman–Crippen LogP) is 3.27. The number of amides is 1. The van der Waals surface area contributed by atoms with Crippen molar-refractivity contribution in [2.75, 3.05) is 13.2 Å². The van der Waals surface area contributed by atoms with Crippen LogP contribution in [0.5, 0.6) is 5.75 Å². The van der Waals surface area contributed by atoms with Crippen LogP contribution in [0.25, 0.3) is 0 Å². The molecule has 136 valence electrons. The zero-order chi connectivity index (χ0) is 18.5. The molecule has 3 rings (SSSR count). The Morgan fingerprint density at radius 3 is 2.58 bits per heavy atom. The predicted molar refractivity (Wildman–Crippen MR) is 98.6 cm³/mol. The minimum absolute atomic E-state index is 0.00157. The monoisotopic (exact) mass is 373 g/mol. The van der Waals surface area contributed by atoms with Crippen LogP contribution in [0, 0.1) is 5.92 Å². The van der Waals surface area contributed by atoms with Crippen LogP contribution >= 0.6 is 11.6 Å². The van der Waals surface area contributed by atoms with Gasteiger partial charge in [0.15, 0.2) is 6.61 Å². The Balaban J connectivity index is 1.42. The van der Waals surface area contributed by atoms with Gasteiger partial charge >= 0.3 is 5.97 Å². The highest BCUT2D eigenvalue weighted by Crippen LogP contribution is 2.49.